The predicted molar refractivity (Wildman–Crippen MR) is 139 cm³/mol. The Morgan fingerprint density at radius 3 is 2.41 bits per heavy atom. The number of nitrogens with zero attached hydrogens (tertiary/aromatic N) is 6. The molecule has 4 rings (SSSR count). The normalized spacial score (nSPS) is 15.1. The zero-order valence-electron chi connectivity index (χ0n) is 19.5. The first-order chi connectivity index (χ1) is 16.6. The number of azo groups is 1. The number of hydrogen-bond acceptors (Lipinski definition) is 9. The zero-order chi connectivity index (χ0) is 23.8. The minimum Gasteiger partial charge on any atom is -0.378 e. The van der Waals surface area contributed by atoms with Crippen molar-refractivity contribution in [2.75, 3.05) is 37.2 Å². The molecule has 0 spiro atoms. The minimum absolute atomic E-state index is 0.645. The van der Waals surface area contributed by atoms with Crippen LogP contribution in [-0.4, -0.2) is 47.7 Å². The van der Waals surface area contributed by atoms with E-state index in [4.69, 9.17) is 4.74 Å². The van der Waals surface area contributed by atoms with E-state index in [1.165, 1.54) is 16.9 Å². The van der Waals surface area contributed by atoms with E-state index in [9.17, 15) is 0 Å². The van der Waals surface area contributed by atoms with Gasteiger partial charge in [0.1, 0.15) is 5.71 Å². The number of thiazole rings is 1. The van der Waals surface area contributed by atoms with Crippen molar-refractivity contribution < 1.29 is 4.74 Å². The number of rotatable bonds is 7. The summed E-state index contributed by atoms with van der Waals surface area (Å²) < 4.78 is 5.51. The Labute approximate surface area is 203 Å². The SMILES string of the molecule is CC(=N\Nc1nc(C)c(N=Nc2ccccc2)s1)/C(=N/Nc1ccc(C)cc1)N1CCOCC1. The summed E-state index contributed by atoms with van der Waals surface area (Å²) in [4.78, 5) is 6.69. The lowest BCUT2D eigenvalue weighted by atomic mass is 10.2. The van der Waals surface area contributed by atoms with Crippen LogP contribution in [0.5, 0.6) is 0 Å². The fourth-order valence-electron chi connectivity index (χ4n) is 3.21. The monoisotopic (exact) mass is 476 g/mol. The molecule has 1 aliphatic rings. The quantitative estimate of drug-likeness (QED) is 0.197. The van der Waals surface area contributed by atoms with Crippen molar-refractivity contribution in [3.8, 4) is 0 Å². The molecular weight excluding hydrogens is 448 g/mol. The molecule has 0 unspecified atom stereocenters. The van der Waals surface area contributed by atoms with E-state index in [-0.39, 0.29) is 0 Å². The largest absolute Gasteiger partial charge is 0.378 e. The number of amidine groups is 1. The van der Waals surface area contributed by atoms with Crippen LogP contribution in [0, 0.1) is 13.8 Å². The van der Waals surface area contributed by atoms with Crippen LogP contribution in [0.4, 0.5) is 21.5 Å². The van der Waals surface area contributed by atoms with Crippen LogP contribution in [0.2, 0.25) is 0 Å². The van der Waals surface area contributed by atoms with Gasteiger partial charge in [0.25, 0.3) is 0 Å². The van der Waals surface area contributed by atoms with Crippen molar-refractivity contribution in [3.05, 3.63) is 65.9 Å². The molecule has 1 saturated heterocycles. The van der Waals surface area contributed by atoms with Crippen molar-refractivity contribution in [2.24, 2.45) is 20.4 Å². The number of ether oxygens (including phenoxy) is 1. The maximum Gasteiger partial charge on any atom is 0.205 e. The standard InChI is InChI=1S/C24H28N8OS/c1-17-9-11-21(12-10-17)27-29-22(32-13-15-33-16-14-32)18(2)26-31-24-25-19(3)23(34-24)30-28-20-7-5-4-6-8-20/h4-12,27H,13-16H2,1-3H3,(H,25,31)/b26-18+,29-22-,30-28?. The molecule has 176 valence electrons. The van der Waals surface area contributed by atoms with Crippen LogP contribution >= 0.6 is 11.3 Å². The number of hydrazone groups is 2. The third-order valence-electron chi connectivity index (χ3n) is 5.08. The first kappa shape index (κ1) is 23.5. The third kappa shape index (κ3) is 6.46. The molecule has 0 saturated carbocycles. The number of hydrogen-bond donors (Lipinski definition) is 2. The van der Waals surface area contributed by atoms with Gasteiger partial charge < -0.3 is 9.64 Å². The van der Waals surface area contributed by atoms with Gasteiger partial charge in [0.2, 0.25) is 5.13 Å². The molecule has 34 heavy (non-hydrogen) atoms. The van der Waals surface area contributed by atoms with Gasteiger partial charge in [0.05, 0.1) is 30.3 Å². The van der Waals surface area contributed by atoms with E-state index >= 15 is 0 Å². The van der Waals surface area contributed by atoms with Crippen LogP contribution in [0.1, 0.15) is 18.2 Å². The summed E-state index contributed by atoms with van der Waals surface area (Å²) in [7, 11) is 0. The van der Waals surface area contributed by atoms with E-state index in [0.717, 1.165) is 46.7 Å². The molecule has 0 atom stereocenters. The molecule has 0 bridgehead atoms. The van der Waals surface area contributed by atoms with E-state index in [1.54, 1.807) is 0 Å². The molecule has 1 fully saturated rings. The number of aryl methyl sites for hydroxylation is 2. The van der Waals surface area contributed by atoms with Gasteiger partial charge in [-0.25, -0.2) is 4.98 Å². The third-order valence-corrected chi connectivity index (χ3v) is 6.03. The van der Waals surface area contributed by atoms with Crippen LogP contribution in [0.3, 0.4) is 0 Å². The summed E-state index contributed by atoms with van der Waals surface area (Å²) in [5.74, 6) is 0.758. The Morgan fingerprint density at radius 2 is 1.68 bits per heavy atom. The molecule has 0 amide bonds. The minimum atomic E-state index is 0.645. The summed E-state index contributed by atoms with van der Waals surface area (Å²) in [6.07, 6.45) is 0. The molecule has 10 heteroatoms. The molecule has 3 aromatic rings. The number of benzene rings is 2. The summed E-state index contributed by atoms with van der Waals surface area (Å²) in [6, 6.07) is 17.7. The number of nitrogens with one attached hydrogen (secondary N) is 2. The molecule has 1 aliphatic heterocycles. The van der Waals surface area contributed by atoms with Crippen LogP contribution in [0.25, 0.3) is 0 Å². The van der Waals surface area contributed by atoms with E-state index < -0.39 is 0 Å². The van der Waals surface area contributed by atoms with Gasteiger partial charge in [0.15, 0.2) is 10.8 Å². The molecule has 2 N–H and O–H groups in total. The van der Waals surface area contributed by atoms with Gasteiger partial charge in [0, 0.05) is 13.1 Å². The Hall–Kier alpha value is -3.63. The summed E-state index contributed by atoms with van der Waals surface area (Å²) in [5.41, 5.74) is 10.7. The Kier molecular flexibility index (Phi) is 7.95. The van der Waals surface area contributed by atoms with E-state index in [2.05, 4.69) is 48.1 Å². The van der Waals surface area contributed by atoms with Crippen LogP contribution in [-0.2, 0) is 4.74 Å². The summed E-state index contributed by atoms with van der Waals surface area (Å²) in [5, 5.41) is 19.2. The first-order valence-corrected chi connectivity index (χ1v) is 11.9. The molecule has 1 aromatic heterocycles. The van der Waals surface area contributed by atoms with Gasteiger partial charge in [-0.05, 0) is 45.0 Å². The van der Waals surface area contributed by atoms with E-state index in [1.807, 2.05) is 68.4 Å². The molecular formula is C24H28N8OS. The highest BCUT2D eigenvalue weighted by atomic mass is 32.1. The zero-order valence-corrected chi connectivity index (χ0v) is 20.3. The molecule has 2 heterocycles. The second-order valence-corrected chi connectivity index (χ2v) is 8.74. The predicted octanol–water partition coefficient (Wildman–Crippen LogP) is 5.72. The Balaban J connectivity index is 1.48. The highest BCUT2D eigenvalue weighted by Crippen LogP contribution is 2.32. The Bertz CT molecular complexity index is 1170. The topological polar surface area (TPSA) is 98.9 Å². The average Bonchev–Trinajstić information content (AvgIpc) is 3.23. The second-order valence-electron chi connectivity index (χ2n) is 7.77. The lowest BCUT2D eigenvalue weighted by molar-refractivity contribution is 0.0688. The number of aromatic nitrogens is 1. The first-order valence-electron chi connectivity index (χ1n) is 11.1. The fraction of sp³-hybridized carbons (Fsp3) is 0.292. The smallest absolute Gasteiger partial charge is 0.205 e. The van der Waals surface area contributed by atoms with Crippen LogP contribution in [0.15, 0.2) is 75.0 Å². The summed E-state index contributed by atoms with van der Waals surface area (Å²) >= 11 is 1.40. The van der Waals surface area contributed by atoms with Crippen LogP contribution < -0.4 is 10.9 Å². The second kappa shape index (κ2) is 11.5. The Morgan fingerprint density at radius 1 is 0.941 bits per heavy atom. The average molecular weight is 477 g/mol. The van der Waals surface area contributed by atoms with Crippen molar-refractivity contribution in [2.45, 2.75) is 20.8 Å². The van der Waals surface area contributed by atoms with Crippen molar-refractivity contribution >= 4 is 44.4 Å². The molecule has 0 radical (unpaired) electrons. The van der Waals surface area contributed by atoms with Crippen molar-refractivity contribution in [1.29, 1.82) is 0 Å². The highest BCUT2D eigenvalue weighted by Gasteiger charge is 2.18. The van der Waals surface area contributed by atoms with Gasteiger partial charge in [-0.3, -0.25) is 10.9 Å². The van der Waals surface area contributed by atoms with Gasteiger partial charge >= 0.3 is 0 Å². The maximum atomic E-state index is 5.51. The van der Waals surface area contributed by atoms with Crippen molar-refractivity contribution in [3.63, 3.8) is 0 Å². The maximum absolute atomic E-state index is 5.51. The number of anilines is 2. The molecule has 0 aliphatic carbocycles. The molecule has 2 aromatic carbocycles. The van der Waals surface area contributed by atoms with Crippen molar-refractivity contribution in [1.82, 2.24) is 9.88 Å². The highest BCUT2D eigenvalue weighted by molar-refractivity contribution is 7.19. The summed E-state index contributed by atoms with van der Waals surface area (Å²) in [6.45, 7) is 8.71. The fourth-order valence-corrected chi connectivity index (χ4v) is 3.94. The van der Waals surface area contributed by atoms with Gasteiger partial charge in [-0.1, -0.05) is 47.2 Å². The molecule has 9 nitrogen and oxygen atoms in total. The number of morpholine rings is 1. The van der Waals surface area contributed by atoms with E-state index in [0.29, 0.717) is 18.3 Å². The lowest BCUT2D eigenvalue weighted by Crippen LogP contribution is -2.44. The van der Waals surface area contributed by atoms with Gasteiger partial charge in [-0.2, -0.15) is 10.2 Å². The lowest BCUT2D eigenvalue weighted by Gasteiger charge is -2.29. The van der Waals surface area contributed by atoms with Gasteiger partial charge in [-0.15, -0.1) is 10.2 Å².